The molecule has 1 N–H and O–H groups in total. The van der Waals surface area contributed by atoms with Gasteiger partial charge < -0.3 is 5.32 Å². The van der Waals surface area contributed by atoms with Gasteiger partial charge in [-0.3, -0.25) is 4.79 Å². The molecule has 2 aromatic carbocycles. The number of rotatable bonds is 5. The number of anilines is 1. The third-order valence-electron chi connectivity index (χ3n) is 4.05. The summed E-state index contributed by atoms with van der Waals surface area (Å²) in [6, 6.07) is 16.2. The van der Waals surface area contributed by atoms with Gasteiger partial charge in [0.15, 0.2) is 9.84 Å². The van der Waals surface area contributed by atoms with E-state index in [2.05, 4.69) is 5.32 Å². The van der Waals surface area contributed by atoms with E-state index in [0.717, 1.165) is 27.1 Å². The lowest BCUT2D eigenvalue weighted by Gasteiger charge is -2.08. The van der Waals surface area contributed by atoms with Gasteiger partial charge in [-0.25, -0.2) is 8.42 Å². The van der Waals surface area contributed by atoms with Crippen LogP contribution in [0.15, 0.2) is 65.6 Å². The molecule has 144 valence electrons. The Labute approximate surface area is 173 Å². The summed E-state index contributed by atoms with van der Waals surface area (Å²) in [7, 11) is -3.34. The van der Waals surface area contributed by atoms with Crippen LogP contribution in [0.2, 0.25) is 5.02 Å². The van der Waals surface area contributed by atoms with E-state index in [1.807, 2.05) is 43.3 Å². The van der Waals surface area contributed by atoms with Crippen molar-refractivity contribution in [2.24, 2.45) is 0 Å². The molecule has 1 aromatic heterocycles. The molecule has 3 rings (SSSR count). The highest BCUT2D eigenvalue weighted by Crippen LogP contribution is 2.29. The summed E-state index contributed by atoms with van der Waals surface area (Å²) in [5, 5.41) is 3.42. The predicted octanol–water partition coefficient (Wildman–Crippen LogP) is 5.43. The summed E-state index contributed by atoms with van der Waals surface area (Å²) in [5.74, 6) is -0.324. The second-order valence-electron chi connectivity index (χ2n) is 6.28. The first-order valence-electron chi connectivity index (χ1n) is 8.38. The second-order valence-corrected chi connectivity index (χ2v) is 9.85. The third-order valence-corrected chi connectivity index (χ3v) is 6.51. The molecule has 0 aliphatic rings. The zero-order valence-electron chi connectivity index (χ0n) is 15.3. The zero-order valence-corrected chi connectivity index (χ0v) is 17.7. The molecule has 0 saturated carbocycles. The van der Waals surface area contributed by atoms with Crippen LogP contribution in [-0.4, -0.2) is 20.6 Å². The second kappa shape index (κ2) is 8.31. The summed E-state index contributed by atoms with van der Waals surface area (Å²) < 4.78 is 23.4. The molecule has 1 heterocycles. The van der Waals surface area contributed by atoms with E-state index in [1.165, 1.54) is 18.2 Å². The molecule has 0 radical (unpaired) electrons. The molecular formula is C21H18ClNO3S2. The molecule has 0 unspecified atom stereocenters. The molecule has 3 aromatic rings. The molecule has 0 saturated heterocycles. The highest BCUT2D eigenvalue weighted by atomic mass is 35.5. The first-order chi connectivity index (χ1) is 13.2. The fourth-order valence-corrected chi connectivity index (χ4v) is 4.20. The number of sulfone groups is 1. The van der Waals surface area contributed by atoms with Gasteiger partial charge in [0.05, 0.1) is 4.90 Å². The van der Waals surface area contributed by atoms with E-state index in [1.54, 1.807) is 23.5 Å². The Balaban J connectivity index is 1.72. The van der Waals surface area contributed by atoms with Crippen molar-refractivity contribution in [3.05, 3.63) is 76.1 Å². The minimum absolute atomic E-state index is 0.170. The Bertz CT molecular complexity index is 1150. The summed E-state index contributed by atoms with van der Waals surface area (Å²) in [5.41, 5.74) is 2.33. The SMILES string of the molecule is Cc1ccc(S(C)(=O)=O)cc1NC(=O)/C=C/c1ccc(-c2ccc(Cl)cc2)s1. The highest BCUT2D eigenvalue weighted by Gasteiger charge is 2.10. The van der Waals surface area contributed by atoms with E-state index in [0.29, 0.717) is 10.7 Å². The van der Waals surface area contributed by atoms with Crippen LogP contribution in [0.3, 0.4) is 0 Å². The molecule has 0 atom stereocenters. The fraction of sp³-hybridized carbons (Fsp3) is 0.0952. The van der Waals surface area contributed by atoms with Crippen LogP contribution >= 0.6 is 22.9 Å². The normalized spacial score (nSPS) is 11.7. The molecule has 0 fully saturated rings. The maximum Gasteiger partial charge on any atom is 0.248 e. The molecular weight excluding hydrogens is 414 g/mol. The van der Waals surface area contributed by atoms with Crippen molar-refractivity contribution in [1.82, 2.24) is 0 Å². The summed E-state index contributed by atoms with van der Waals surface area (Å²) in [6.45, 7) is 1.81. The van der Waals surface area contributed by atoms with Crippen LogP contribution in [0.25, 0.3) is 16.5 Å². The number of carbonyl (C=O) groups excluding carboxylic acids is 1. The van der Waals surface area contributed by atoms with Crippen molar-refractivity contribution in [1.29, 1.82) is 0 Å². The Kier molecular flexibility index (Phi) is 6.03. The Morgan fingerprint density at radius 1 is 1.07 bits per heavy atom. The van der Waals surface area contributed by atoms with Gasteiger partial charge in [-0.15, -0.1) is 11.3 Å². The van der Waals surface area contributed by atoms with Crippen LogP contribution < -0.4 is 5.32 Å². The molecule has 0 aliphatic carbocycles. The maximum absolute atomic E-state index is 12.3. The summed E-state index contributed by atoms with van der Waals surface area (Å²) in [4.78, 5) is 14.4. The molecule has 7 heteroatoms. The van der Waals surface area contributed by atoms with E-state index in [9.17, 15) is 13.2 Å². The number of hydrogen-bond donors (Lipinski definition) is 1. The maximum atomic E-state index is 12.3. The largest absolute Gasteiger partial charge is 0.322 e. The predicted molar refractivity (Wildman–Crippen MR) is 117 cm³/mol. The Morgan fingerprint density at radius 2 is 1.79 bits per heavy atom. The van der Waals surface area contributed by atoms with E-state index >= 15 is 0 Å². The molecule has 1 amide bonds. The lowest BCUT2D eigenvalue weighted by Crippen LogP contribution is -2.10. The lowest BCUT2D eigenvalue weighted by atomic mass is 10.2. The molecule has 0 aliphatic heterocycles. The number of halogens is 1. The average Bonchev–Trinajstić information content (AvgIpc) is 3.10. The van der Waals surface area contributed by atoms with E-state index in [-0.39, 0.29) is 10.8 Å². The zero-order chi connectivity index (χ0) is 20.3. The van der Waals surface area contributed by atoms with Crippen LogP contribution in [0, 0.1) is 6.92 Å². The van der Waals surface area contributed by atoms with Crippen LogP contribution in [0.4, 0.5) is 5.69 Å². The van der Waals surface area contributed by atoms with Gasteiger partial charge in [-0.05, 0) is 60.5 Å². The van der Waals surface area contributed by atoms with Crippen LogP contribution in [0.1, 0.15) is 10.4 Å². The first-order valence-corrected chi connectivity index (χ1v) is 11.5. The molecule has 4 nitrogen and oxygen atoms in total. The van der Waals surface area contributed by atoms with E-state index < -0.39 is 9.84 Å². The van der Waals surface area contributed by atoms with Crippen molar-refractivity contribution in [3.63, 3.8) is 0 Å². The number of nitrogens with one attached hydrogen (secondary N) is 1. The minimum atomic E-state index is -3.34. The van der Waals surface area contributed by atoms with Gasteiger partial charge in [0, 0.05) is 32.8 Å². The van der Waals surface area contributed by atoms with Gasteiger partial charge in [0.2, 0.25) is 5.91 Å². The number of carbonyl (C=O) groups is 1. The third kappa shape index (κ3) is 5.10. The van der Waals surface area contributed by atoms with Crippen molar-refractivity contribution >= 4 is 50.4 Å². The topological polar surface area (TPSA) is 63.2 Å². The number of benzene rings is 2. The van der Waals surface area contributed by atoms with Gasteiger partial charge in [-0.2, -0.15) is 0 Å². The quantitative estimate of drug-likeness (QED) is 0.547. The van der Waals surface area contributed by atoms with Crippen molar-refractivity contribution < 1.29 is 13.2 Å². The standard InChI is InChI=1S/C21H18ClNO3S2/c1-14-3-10-18(28(2,25)26)13-19(14)23-21(24)12-9-17-8-11-20(27-17)15-4-6-16(22)7-5-15/h3-13H,1-2H3,(H,23,24)/b12-9+. The Hall–Kier alpha value is -2.41. The van der Waals surface area contributed by atoms with Gasteiger partial charge in [0.25, 0.3) is 0 Å². The Morgan fingerprint density at radius 3 is 2.46 bits per heavy atom. The average molecular weight is 432 g/mol. The number of aryl methyl sites for hydroxylation is 1. The minimum Gasteiger partial charge on any atom is -0.322 e. The fourth-order valence-electron chi connectivity index (χ4n) is 2.51. The van der Waals surface area contributed by atoms with Gasteiger partial charge >= 0.3 is 0 Å². The van der Waals surface area contributed by atoms with Crippen molar-refractivity contribution in [2.45, 2.75) is 11.8 Å². The number of thiophene rings is 1. The molecule has 28 heavy (non-hydrogen) atoms. The van der Waals surface area contributed by atoms with Crippen molar-refractivity contribution in [3.8, 4) is 10.4 Å². The van der Waals surface area contributed by atoms with Gasteiger partial charge in [0.1, 0.15) is 0 Å². The van der Waals surface area contributed by atoms with Crippen LogP contribution in [0.5, 0.6) is 0 Å². The lowest BCUT2D eigenvalue weighted by molar-refractivity contribution is -0.111. The summed E-state index contributed by atoms with van der Waals surface area (Å²) >= 11 is 7.48. The molecule has 0 spiro atoms. The van der Waals surface area contributed by atoms with Crippen molar-refractivity contribution in [2.75, 3.05) is 11.6 Å². The monoisotopic (exact) mass is 431 g/mol. The first kappa shape index (κ1) is 20.3. The smallest absolute Gasteiger partial charge is 0.248 e. The van der Waals surface area contributed by atoms with Crippen LogP contribution in [-0.2, 0) is 14.6 Å². The number of amides is 1. The summed E-state index contributed by atoms with van der Waals surface area (Å²) in [6.07, 6.45) is 4.30. The highest BCUT2D eigenvalue weighted by molar-refractivity contribution is 7.90. The van der Waals surface area contributed by atoms with Gasteiger partial charge in [-0.1, -0.05) is 29.8 Å². The molecule has 0 bridgehead atoms. The van der Waals surface area contributed by atoms with E-state index in [4.69, 9.17) is 11.6 Å². The number of hydrogen-bond acceptors (Lipinski definition) is 4.